The summed E-state index contributed by atoms with van der Waals surface area (Å²) in [5.74, 6) is -3.71. The van der Waals surface area contributed by atoms with Crippen LogP contribution in [0.5, 0.6) is 0 Å². The predicted octanol–water partition coefficient (Wildman–Crippen LogP) is 1.73. The van der Waals surface area contributed by atoms with E-state index in [2.05, 4.69) is 18.7 Å². The van der Waals surface area contributed by atoms with Gasteiger partial charge in [-0.15, -0.1) is 0 Å². The fourth-order valence-electron chi connectivity index (χ4n) is 11.9. The number of aliphatic hydroxyl groups is 5. The lowest BCUT2D eigenvalue weighted by Crippen LogP contribution is -2.76. The van der Waals surface area contributed by atoms with Crippen molar-refractivity contribution in [3.05, 3.63) is 11.6 Å². The minimum atomic E-state index is -1.69. The van der Waals surface area contributed by atoms with Crippen LogP contribution in [0.25, 0.3) is 0 Å². The SMILES string of the molecule is C/C=C(/C)C(=O)O[C@H]1CC[C@@]2(C)C3CC[C@H]4C5(O)[C@@H](O)[C@H](O)[C@H]6[C@@H](CN7C[C@@H](C)CC[C@H]7[C@@]6(C)O)[C@@H]5CC42O[C@@]31O. The van der Waals surface area contributed by atoms with Gasteiger partial charge in [0.25, 0.3) is 0 Å². The van der Waals surface area contributed by atoms with Crippen LogP contribution in [-0.4, -0.2) is 96.4 Å². The van der Waals surface area contributed by atoms with Crippen molar-refractivity contribution in [1.29, 1.82) is 0 Å². The van der Waals surface area contributed by atoms with Crippen LogP contribution in [0.3, 0.4) is 0 Å². The molecular formula is C32H49NO8. The molecule has 7 fully saturated rings. The monoisotopic (exact) mass is 575 g/mol. The van der Waals surface area contributed by atoms with E-state index in [4.69, 9.17) is 9.47 Å². The van der Waals surface area contributed by atoms with E-state index in [-0.39, 0.29) is 17.9 Å². The zero-order valence-corrected chi connectivity index (χ0v) is 25.1. The Labute approximate surface area is 242 Å². The number of carbonyl (C=O) groups excluding carboxylic acids is 1. The number of esters is 1. The van der Waals surface area contributed by atoms with Gasteiger partial charge in [-0.1, -0.05) is 19.9 Å². The fraction of sp³-hybridized carbons (Fsp3) is 0.906. The van der Waals surface area contributed by atoms with Crippen LogP contribution in [0.4, 0.5) is 0 Å². The summed E-state index contributed by atoms with van der Waals surface area (Å²) < 4.78 is 12.7. The van der Waals surface area contributed by atoms with Crippen LogP contribution < -0.4 is 0 Å². The summed E-state index contributed by atoms with van der Waals surface area (Å²) in [4.78, 5) is 15.1. The maximum atomic E-state index is 12.8. The number of fused-ring (bicyclic) bond motifs is 5. The van der Waals surface area contributed by atoms with Crippen LogP contribution in [0, 0.1) is 40.9 Å². The van der Waals surface area contributed by atoms with Gasteiger partial charge in [-0.3, -0.25) is 4.90 Å². The van der Waals surface area contributed by atoms with E-state index in [9.17, 15) is 30.3 Å². The Hall–Kier alpha value is -1.07. The molecule has 1 spiro atoms. The molecule has 3 saturated heterocycles. The first-order valence-corrected chi connectivity index (χ1v) is 16.0. The quantitative estimate of drug-likeness (QED) is 0.246. The van der Waals surface area contributed by atoms with Crippen LogP contribution >= 0.6 is 0 Å². The molecule has 3 heterocycles. The number of hydrogen-bond donors (Lipinski definition) is 5. The second-order valence-corrected chi connectivity index (χ2v) is 15.4. The van der Waals surface area contributed by atoms with Crippen molar-refractivity contribution in [1.82, 2.24) is 4.90 Å². The van der Waals surface area contributed by atoms with Gasteiger partial charge in [0, 0.05) is 47.9 Å². The molecule has 7 rings (SSSR count). The Morgan fingerprint density at radius 2 is 1.73 bits per heavy atom. The second kappa shape index (κ2) is 8.77. The summed E-state index contributed by atoms with van der Waals surface area (Å²) in [7, 11) is 0. The smallest absolute Gasteiger partial charge is 0.333 e. The number of ether oxygens (including phenoxy) is 2. The molecule has 0 aromatic carbocycles. The molecule has 9 heteroatoms. The van der Waals surface area contributed by atoms with Gasteiger partial charge < -0.3 is 35.0 Å². The molecule has 3 unspecified atom stereocenters. The first-order valence-electron chi connectivity index (χ1n) is 16.0. The summed E-state index contributed by atoms with van der Waals surface area (Å²) in [5, 5.41) is 60.5. The number of hydrogen-bond acceptors (Lipinski definition) is 9. The molecule has 3 aliphatic heterocycles. The van der Waals surface area contributed by atoms with E-state index >= 15 is 0 Å². The first kappa shape index (κ1) is 28.7. The zero-order chi connectivity index (χ0) is 29.5. The highest BCUT2D eigenvalue weighted by Crippen LogP contribution is 2.77. The molecule has 7 aliphatic rings. The van der Waals surface area contributed by atoms with Crippen molar-refractivity contribution in [3.8, 4) is 0 Å². The van der Waals surface area contributed by atoms with Crippen LogP contribution in [-0.2, 0) is 14.3 Å². The van der Waals surface area contributed by atoms with Crippen molar-refractivity contribution in [2.24, 2.45) is 40.9 Å². The minimum absolute atomic E-state index is 0.101. The van der Waals surface area contributed by atoms with E-state index in [0.29, 0.717) is 50.1 Å². The van der Waals surface area contributed by atoms with Crippen molar-refractivity contribution in [2.75, 3.05) is 13.1 Å². The number of nitrogens with zero attached hydrogens (tertiary/aromatic N) is 1. The topological polar surface area (TPSA) is 140 Å². The van der Waals surface area contributed by atoms with Gasteiger partial charge in [-0.25, -0.2) is 4.79 Å². The predicted molar refractivity (Wildman–Crippen MR) is 148 cm³/mol. The highest BCUT2D eigenvalue weighted by molar-refractivity contribution is 5.87. The third kappa shape index (κ3) is 3.30. The summed E-state index contributed by atoms with van der Waals surface area (Å²) in [5.41, 5.74) is -3.83. The van der Waals surface area contributed by atoms with Gasteiger partial charge in [0.2, 0.25) is 5.79 Å². The molecular weight excluding hydrogens is 526 g/mol. The Balaban J connectivity index is 1.29. The van der Waals surface area contributed by atoms with Gasteiger partial charge in [0.15, 0.2) is 6.10 Å². The molecule has 4 aliphatic carbocycles. The van der Waals surface area contributed by atoms with Gasteiger partial charge in [0.1, 0.15) is 11.7 Å². The van der Waals surface area contributed by atoms with E-state index in [1.165, 1.54) is 0 Å². The highest BCUT2D eigenvalue weighted by Gasteiger charge is 2.85. The van der Waals surface area contributed by atoms with Crippen molar-refractivity contribution < 1.29 is 39.8 Å². The zero-order valence-electron chi connectivity index (χ0n) is 25.1. The summed E-state index contributed by atoms with van der Waals surface area (Å²) in [6.07, 6.45) is 2.61. The number of carbonyl (C=O) groups is 1. The molecule has 9 nitrogen and oxygen atoms in total. The lowest BCUT2D eigenvalue weighted by atomic mass is 9.49. The molecule has 0 aromatic rings. The normalized spacial score (nSPS) is 59.6. The van der Waals surface area contributed by atoms with Crippen molar-refractivity contribution >= 4 is 5.97 Å². The lowest BCUT2D eigenvalue weighted by Gasteiger charge is -2.63. The Morgan fingerprint density at radius 1 is 1.02 bits per heavy atom. The maximum absolute atomic E-state index is 12.8. The number of allylic oxidation sites excluding steroid dienone is 1. The average Bonchev–Trinajstić information content (AvgIpc) is 3.16. The van der Waals surface area contributed by atoms with Crippen molar-refractivity contribution in [2.45, 2.75) is 127 Å². The van der Waals surface area contributed by atoms with Gasteiger partial charge in [0.05, 0.1) is 17.3 Å². The third-order valence-corrected chi connectivity index (χ3v) is 13.8. The number of rotatable bonds is 2. The molecule has 0 radical (unpaired) electrons. The lowest BCUT2D eigenvalue weighted by molar-refractivity contribution is -0.292. The van der Waals surface area contributed by atoms with Gasteiger partial charge in [-0.05, 0) is 83.5 Å². The molecule has 41 heavy (non-hydrogen) atoms. The summed E-state index contributed by atoms with van der Waals surface area (Å²) in [6.45, 7) is 11.1. The Kier molecular flexibility index (Phi) is 6.13. The van der Waals surface area contributed by atoms with Crippen molar-refractivity contribution in [3.63, 3.8) is 0 Å². The minimum Gasteiger partial charge on any atom is -0.453 e. The van der Waals surface area contributed by atoms with E-state index in [0.717, 1.165) is 19.4 Å². The fourth-order valence-corrected chi connectivity index (χ4v) is 11.9. The molecule has 0 aromatic heterocycles. The van der Waals surface area contributed by atoms with Crippen LogP contribution in [0.1, 0.15) is 79.6 Å². The standard InChI is InChI=1S/C32H49NO8/c1-6-17(3)27(36)40-23-11-12-28(4)20-8-9-21-30(28,41-32(20,23)39)13-19-18-15-33-14-16(2)7-10-22(33)29(5,37)24(18)25(34)26(35)31(19,21)38/h6,16,18-26,34-35,37-39H,7-15H2,1-5H3/b17-6-/t16-,18-,19-,20?,21+,22-,23-,24+,25+,26-,28-,29+,30?,31?,32-/m0/s1. The highest BCUT2D eigenvalue weighted by atomic mass is 16.7. The average molecular weight is 576 g/mol. The molecule has 15 atom stereocenters. The Bertz CT molecular complexity index is 1160. The number of aliphatic hydroxyl groups excluding tert-OH is 2. The van der Waals surface area contributed by atoms with E-state index < -0.39 is 70.0 Å². The van der Waals surface area contributed by atoms with Crippen LogP contribution in [0.2, 0.25) is 0 Å². The largest absolute Gasteiger partial charge is 0.453 e. The van der Waals surface area contributed by atoms with Crippen LogP contribution in [0.15, 0.2) is 11.6 Å². The molecule has 0 amide bonds. The maximum Gasteiger partial charge on any atom is 0.333 e. The van der Waals surface area contributed by atoms with E-state index in [1.807, 2.05) is 6.92 Å². The molecule has 4 saturated carbocycles. The third-order valence-electron chi connectivity index (χ3n) is 13.8. The summed E-state index contributed by atoms with van der Waals surface area (Å²) >= 11 is 0. The number of piperidine rings is 2. The van der Waals surface area contributed by atoms with E-state index in [1.54, 1.807) is 19.9 Å². The summed E-state index contributed by atoms with van der Waals surface area (Å²) in [6, 6.07) is -0.101. The van der Waals surface area contributed by atoms with Gasteiger partial charge >= 0.3 is 5.97 Å². The molecule has 230 valence electrons. The Morgan fingerprint density at radius 3 is 2.44 bits per heavy atom. The van der Waals surface area contributed by atoms with Gasteiger partial charge in [-0.2, -0.15) is 0 Å². The second-order valence-electron chi connectivity index (χ2n) is 15.4. The molecule has 5 N–H and O–H groups in total. The molecule has 4 bridgehead atoms. The first-order chi connectivity index (χ1) is 19.2.